The van der Waals surface area contributed by atoms with Crippen LogP contribution in [0.2, 0.25) is 0 Å². The fraction of sp³-hybridized carbons (Fsp3) is 0.571. The maximum Gasteiger partial charge on any atom is 0.125 e. The van der Waals surface area contributed by atoms with Crippen molar-refractivity contribution >= 4 is 0 Å². The third-order valence-corrected chi connectivity index (χ3v) is 3.27. The summed E-state index contributed by atoms with van der Waals surface area (Å²) < 4.78 is 5.97. The molecular weight excluding hydrogens is 198 g/mol. The first-order chi connectivity index (χ1) is 7.77. The Kier molecular flexibility index (Phi) is 3.83. The van der Waals surface area contributed by atoms with E-state index in [2.05, 4.69) is 37.4 Å². The van der Waals surface area contributed by atoms with Gasteiger partial charge in [0.15, 0.2) is 0 Å². The maximum absolute atomic E-state index is 5.97. The molecule has 0 spiro atoms. The van der Waals surface area contributed by atoms with E-state index in [1.165, 1.54) is 30.5 Å². The highest BCUT2D eigenvalue weighted by Crippen LogP contribution is 2.23. The number of benzene rings is 1. The minimum atomic E-state index is 0.674. The molecule has 1 atom stereocenters. The van der Waals surface area contributed by atoms with Crippen LogP contribution in [0.1, 0.15) is 24.0 Å². The highest BCUT2D eigenvalue weighted by Gasteiger charge is 2.14. The number of hydrogen-bond acceptors (Lipinski definition) is 2. The van der Waals surface area contributed by atoms with Crippen LogP contribution in [0.4, 0.5) is 0 Å². The molecule has 0 radical (unpaired) electrons. The molecule has 1 aromatic carbocycles. The predicted molar refractivity (Wildman–Crippen MR) is 67.0 cm³/mol. The Balaban J connectivity index is 1.93. The topological polar surface area (TPSA) is 21.3 Å². The Hall–Kier alpha value is -1.02. The third-order valence-electron chi connectivity index (χ3n) is 3.27. The lowest BCUT2D eigenvalue weighted by Gasteiger charge is -2.23. The van der Waals surface area contributed by atoms with Gasteiger partial charge in [-0.2, -0.15) is 0 Å². The first-order valence-corrected chi connectivity index (χ1v) is 6.17. The maximum atomic E-state index is 5.97. The van der Waals surface area contributed by atoms with Gasteiger partial charge in [0.1, 0.15) is 5.75 Å². The van der Waals surface area contributed by atoms with Crippen LogP contribution in [-0.4, -0.2) is 19.7 Å². The van der Waals surface area contributed by atoms with E-state index in [-0.39, 0.29) is 0 Å². The fourth-order valence-electron chi connectivity index (χ4n) is 2.29. The summed E-state index contributed by atoms with van der Waals surface area (Å²) in [5.41, 5.74) is 2.48. The molecule has 0 bridgehead atoms. The van der Waals surface area contributed by atoms with Gasteiger partial charge in [0.25, 0.3) is 0 Å². The summed E-state index contributed by atoms with van der Waals surface area (Å²) in [5.74, 6) is 1.75. The van der Waals surface area contributed by atoms with E-state index >= 15 is 0 Å². The average Bonchev–Trinajstić information content (AvgIpc) is 2.30. The van der Waals surface area contributed by atoms with Crippen molar-refractivity contribution in [3.8, 4) is 5.75 Å². The molecule has 1 aliphatic heterocycles. The van der Waals surface area contributed by atoms with E-state index in [1.54, 1.807) is 0 Å². The summed E-state index contributed by atoms with van der Waals surface area (Å²) in [6.07, 6.45) is 2.57. The van der Waals surface area contributed by atoms with Crippen LogP contribution in [0.25, 0.3) is 0 Å². The van der Waals surface area contributed by atoms with Gasteiger partial charge >= 0.3 is 0 Å². The second-order valence-corrected chi connectivity index (χ2v) is 4.74. The van der Waals surface area contributed by atoms with E-state index in [4.69, 9.17) is 4.74 Å². The summed E-state index contributed by atoms with van der Waals surface area (Å²) >= 11 is 0. The largest absolute Gasteiger partial charge is 0.493 e. The molecule has 2 heteroatoms. The lowest BCUT2D eigenvalue weighted by Crippen LogP contribution is -2.33. The summed E-state index contributed by atoms with van der Waals surface area (Å²) in [4.78, 5) is 0. The zero-order chi connectivity index (χ0) is 11.4. The number of piperidine rings is 1. The zero-order valence-electron chi connectivity index (χ0n) is 10.3. The van der Waals surface area contributed by atoms with E-state index in [1.807, 2.05) is 0 Å². The second kappa shape index (κ2) is 5.35. The molecule has 1 unspecified atom stereocenters. The zero-order valence-corrected chi connectivity index (χ0v) is 10.3. The van der Waals surface area contributed by atoms with E-state index in [0.717, 1.165) is 18.9 Å². The Morgan fingerprint density at radius 2 is 2.06 bits per heavy atom. The van der Waals surface area contributed by atoms with E-state index in [0.29, 0.717) is 5.92 Å². The molecule has 1 heterocycles. The van der Waals surface area contributed by atoms with Crippen LogP contribution in [0.3, 0.4) is 0 Å². The van der Waals surface area contributed by atoms with Gasteiger partial charge in [0.05, 0.1) is 6.61 Å². The van der Waals surface area contributed by atoms with Crippen molar-refractivity contribution in [3.63, 3.8) is 0 Å². The van der Waals surface area contributed by atoms with Gasteiger partial charge in [-0.3, -0.25) is 0 Å². The number of aryl methyl sites for hydroxylation is 2. The molecule has 1 N–H and O–H groups in total. The third kappa shape index (κ3) is 2.76. The molecule has 0 amide bonds. The summed E-state index contributed by atoms with van der Waals surface area (Å²) in [6.45, 7) is 7.34. The molecule has 0 aromatic heterocycles. The number of nitrogens with one attached hydrogen (secondary N) is 1. The van der Waals surface area contributed by atoms with Gasteiger partial charge in [-0.15, -0.1) is 0 Å². The van der Waals surface area contributed by atoms with Crippen molar-refractivity contribution in [1.82, 2.24) is 5.32 Å². The molecule has 1 aliphatic rings. The first-order valence-electron chi connectivity index (χ1n) is 6.17. The van der Waals surface area contributed by atoms with E-state index < -0.39 is 0 Å². The van der Waals surface area contributed by atoms with Crippen LogP contribution in [-0.2, 0) is 0 Å². The smallest absolute Gasteiger partial charge is 0.125 e. The molecule has 0 saturated carbocycles. The molecule has 1 aromatic rings. The molecule has 88 valence electrons. The highest BCUT2D eigenvalue weighted by atomic mass is 16.5. The minimum Gasteiger partial charge on any atom is -0.493 e. The molecular formula is C14H21NO. The van der Waals surface area contributed by atoms with E-state index in [9.17, 15) is 0 Å². The molecule has 1 saturated heterocycles. The fourth-order valence-corrected chi connectivity index (χ4v) is 2.29. The SMILES string of the molecule is Cc1cccc(C)c1OCC1CCCNC1. The summed E-state index contributed by atoms with van der Waals surface area (Å²) in [6, 6.07) is 6.31. The Labute approximate surface area is 98.0 Å². The van der Waals surface area contributed by atoms with Crippen molar-refractivity contribution in [1.29, 1.82) is 0 Å². The molecule has 0 aliphatic carbocycles. The first kappa shape index (κ1) is 11.5. The molecule has 16 heavy (non-hydrogen) atoms. The van der Waals surface area contributed by atoms with Crippen LogP contribution in [0.15, 0.2) is 18.2 Å². The summed E-state index contributed by atoms with van der Waals surface area (Å²) in [7, 11) is 0. The Morgan fingerprint density at radius 3 is 2.69 bits per heavy atom. The van der Waals surface area contributed by atoms with Crippen LogP contribution < -0.4 is 10.1 Å². The standard InChI is InChI=1S/C14H21NO/c1-11-5-3-6-12(2)14(11)16-10-13-7-4-8-15-9-13/h3,5-6,13,15H,4,7-10H2,1-2H3. The molecule has 1 fully saturated rings. The van der Waals surface area contributed by atoms with Gasteiger partial charge in [0.2, 0.25) is 0 Å². The Morgan fingerprint density at radius 1 is 1.31 bits per heavy atom. The number of para-hydroxylation sites is 1. The average molecular weight is 219 g/mol. The van der Waals surface area contributed by atoms with Gasteiger partial charge < -0.3 is 10.1 Å². The second-order valence-electron chi connectivity index (χ2n) is 4.74. The van der Waals surface area contributed by atoms with Gasteiger partial charge in [0, 0.05) is 12.5 Å². The van der Waals surface area contributed by atoms with Crippen LogP contribution >= 0.6 is 0 Å². The van der Waals surface area contributed by atoms with Gasteiger partial charge in [-0.1, -0.05) is 18.2 Å². The number of ether oxygens (including phenoxy) is 1. The number of rotatable bonds is 3. The van der Waals surface area contributed by atoms with Crippen molar-refractivity contribution in [3.05, 3.63) is 29.3 Å². The molecule has 2 rings (SSSR count). The van der Waals surface area contributed by atoms with Crippen molar-refractivity contribution in [2.75, 3.05) is 19.7 Å². The normalized spacial score (nSPS) is 20.8. The molecule has 2 nitrogen and oxygen atoms in total. The van der Waals surface area contributed by atoms with Crippen LogP contribution in [0, 0.1) is 19.8 Å². The van der Waals surface area contributed by atoms with Crippen LogP contribution in [0.5, 0.6) is 5.75 Å². The van der Waals surface area contributed by atoms with Crippen molar-refractivity contribution in [2.24, 2.45) is 5.92 Å². The van der Waals surface area contributed by atoms with Gasteiger partial charge in [-0.25, -0.2) is 0 Å². The lowest BCUT2D eigenvalue weighted by atomic mass is 10.0. The lowest BCUT2D eigenvalue weighted by molar-refractivity contribution is 0.216. The minimum absolute atomic E-state index is 0.674. The monoisotopic (exact) mass is 219 g/mol. The number of hydrogen-bond donors (Lipinski definition) is 1. The Bertz CT molecular complexity index is 322. The quantitative estimate of drug-likeness (QED) is 0.844. The predicted octanol–water partition coefficient (Wildman–Crippen LogP) is 2.68. The van der Waals surface area contributed by atoms with Crippen molar-refractivity contribution in [2.45, 2.75) is 26.7 Å². The summed E-state index contributed by atoms with van der Waals surface area (Å²) in [5, 5.41) is 3.42. The van der Waals surface area contributed by atoms with Crippen molar-refractivity contribution < 1.29 is 4.74 Å². The highest BCUT2D eigenvalue weighted by molar-refractivity contribution is 5.39. The van der Waals surface area contributed by atoms with Gasteiger partial charge in [-0.05, 0) is 44.4 Å².